The molecule has 1 atom stereocenters. The van der Waals surface area contributed by atoms with Crippen molar-refractivity contribution in [1.82, 2.24) is 0 Å². The molecule has 0 saturated heterocycles. The average molecular weight is 157 g/mol. The predicted molar refractivity (Wildman–Crippen MR) is 41.8 cm³/mol. The lowest BCUT2D eigenvalue weighted by Crippen LogP contribution is -1.83. The maximum atomic E-state index is 5.45. The molecule has 3 heteroatoms. The SMILES string of the molecule is CC(C)SCPCl. The largest absolute Gasteiger partial charge is 0.154 e. The van der Waals surface area contributed by atoms with Crippen LogP contribution in [0.2, 0.25) is 0 Å². The van der Waals surface area contributed by atoms with Crippen LogP contribution in [-0.2, 0) is 0 Å². The lowest BCUT2D eigenvalue weighted by molar-refractivity contribution is 1.12. The monoisotopic (exact) mass is 156 g/mol. The summed E-state index contributed by atoms with van der Waals surface area (Å²) in [6.45, 7) is 4.36. The second kappa shape index (κ2) is 5.21. The number of halogens is 1. The van der Waals surface area contributed by atoms with Gasteiger partial charge in [0.1, 0.15) is 0 Å². The zero-order valence-corrected chi connectivity index (χ0v) is 7.14. The summed E-state index contributed by atoms with van der Waals surface area (Å²) in [5, 5.41) is 0.742. The minimum atomic E-state index is 0.586. The molecule has 0 aliphatic carbocycles. The van der Waals surface area contributed by atoms with E-state index in [9.17, 15) is 0 Å². The van der Waals surface area contributed by atoms with Crippen molar-refractivity contribution >= 4 is 30.9 Å². The zero-order chi connectivity index (χ0) is 5.70. The molecule has 0 aromatic heterocycles. The van der Waals surface area contributed by atoms with Crippen molar-refractivity contribution in [3.05, 3.63) is 0 Å². The summed E-state index contributed by atoms with van der Waals surface area (Å²) in [7, 11) is 0.586. The smallest absolute Gasteiger partial charge is 0.0250 e. The molecule has 0 radical (unpaired) electrons. The van der Waals surface area contributed by atoms with Crippen molar-refractivity contribution in [2.45, 2.75) is 19.1 Å². The van der Waals surface area contributed by atoms with Crippen LogP contribution in [0.1, 0.15) is 13.8 Å². The van der Waals surface area contributed by atoms with E-state index in [1.807, 2.05) is 11.8 Å². The van der Waals surface area contributed by atoms with Crippen molar-refractivity contribution in [2.75, 3.05) is 5.49 Å². The Labute approximate surface area is 56.0 Å². The first-order chi connectivity index (χ1) is 3.27. The minimum absolute atomic E-state index is 0.586. The van der Waals surface area contributed by atoms with E-state index in [2.05, 4.69) is 13.8 Å². The molecule has 0 saturated carbocycles. The van der Waals surface area contributed by atoms with Gasteiger partial charge in [-0.3, -0.25) is 0 Å². The van der Waals surface area contributed by atoms with Crippen LogP contribution in [0, 0.1) is 0 Å². The Morgan fingerprint density at radius 1 is 1.71 bits per heavy atom. The average Bonchev–Trinajstić information content (AvgIpc) is 1.61. The molecule has 0 heterocycles. The van der Waals surface area contributed by atoms with Crippen LogP contribution in [0.5, 0.6) is 0 Å². The van der Waals surface area contributed by atoms with Crippen LogP contribution in [0.25, 0.3) is 0 Å². The van der Waals surface area contributed by atoms with Crippen LogP contribution < -0.4 is 0 Å². The molecule has 7 heavy (non-hydrogen) atoms. The standard InChI is InChI=1S/C4H10ClPS/c1-4(2)7-3-6-5/h4,6H,3H2,1-2H3. The molecule has 0 rings (SSSR count). The lowest BCUT2D eigenvalue weighted by atomic mass is 10.6. The molecule has 0 nitrogen and oxygen atoms in total. The third-order valence-corrected chi connectivity index (χ3v) is 3.22. The number of hydrogen-bond donors (Lipinski definition) is 0. The highest BCUT2D eigenvalue weighted by Crippen LogP contribution is 2.24. The van der Waals surface area contributed by atoms with Gasteiger partial charge in [-0.1, -0.05) is 25.1 Å². The number of thioether (sulfide) groups is 1. The van der Waals surface area contributed by atoms with E-state index >= 15 is 0 Å². The van der Waals surface area contributed by atoms with E-state index in [1.54, 1.807) is 0 Å². The van der Waals surface area contributed by atoms with Gasteiger partial charge < -0.3 is 0 Å². The van der Waals surface area contributed by atoms with Crippen LogP contribution >= 0.6 is 30.9 Å². The Morgan fingerprint density at radius 2 is 2.29 bits per heavy atom. The van der Waals surface area contributed by atoms with Gasteiger partial charge in [-0.25, -0.2) is 0 Å². The highest BCUT2D eigenvalue weighted by atomic mass is 35.7. The van der Waals surface area contributed by atoms with Gasteiger partial charge in [0.15, 0.2) is 0 Å². The van der Waals surface area contributed by atoms with Gasteiger partial charge in [0, 0.05) is 5.49 Å². The van der Waals surface area contributed by atoms with Gasteiger partial charge in [0.25, 0.3) is 0 Å². The van der Waals surface area contributed by atoms with E-state index in [1.165, 1.54) is 0 Å². The first kappa shape index (κ1) is 8.07. The Morgan fingerprint density at radius 3 is 2.43 bits per heavy atom. The van der Waals surface area contributed by atoms with Crippen LogP contribution in [0.15, 0.2) is 0 Å². The number of hydrogen-bond acceptors (Lipinski definition) is 1. The molecule has 0 aliphatic heterocycles. The summed E-state index contributed by atoms with van der Waals surface area (Å²) in [6, 6.07) is 0. The van der Waals surface area contributed by atoms with Gasteiger partial charge in [-0.2, -0.15) is 11.8 Å². The van der Waals surface area contributed by atoms with Gasteiger partial charge in [0.2, 0.25) is 0 Å². The fraction of sp³-hybridized carbons (Fsp3) is 1.00. The van der Waals surface area contributed by atoms with Crippen molar-refractivity contribution in [3.63, 3.8) is 0 Å². The maximum absolute atomic E-state index is 5.45. The fourth-order valence-corrected chi connectivity index (χ4v) is 2.35. The van der Waals surface area contributed by atoms with Crippen LogP contribution in [0.4, 0.5) is 0 Å². The Hall–Kier alpha value is 1.07. The highest BCUT2D eigenvalue weighted by molar-refractivity contribution is 8.06. The topological polar surface area (TPSA) is 0 Å². The molecule has 0 aromatic carbocycles. The Balaban J connectivity index is 2.68. The first-order valence-corrected chi connectivity index (χ1v) is 5.49. The molecule has 0 amide bonds. The third kappa shape index (κ3) is 7.07. The maximum Gasteiger partial charge on any atom is 0.0250 e. The molecular weight excluding hydrogens is 147 g/mol. The highest BCUT2D eigenvalue weighted by Gasteiger charge is 1.89. The van der Waals surface area contributed by atoms with Gasteiger partial charge in [0.05, 0.1) is 0 Å². The molecule has 0 spiro atoms. The van der Waals surface area contributed by atoms with Crippen molar-refractivity contribution in [3.8, 4) is 0 Å². The summed E-state index contributed by atoms with van der Waals surface area (Å²) in [6.07, 6.45) is 0. The van der Waals surface area contributed by atoms with E-state index in [4.69, 9.17) is 11.2 Å². The minimum Gasteiger partial charge on any atom is -0.154 e. The summed E-state index contributed by atoms with van der Waals surface area (Å²) in [5.41, 5.74) is 1.11. The first-order valence-electron chi connectivity index (χ1n) is 2.22. The lowest BCUT2D eigenvalue weighted by Gasteiger charge is -1.98. The molecule has 44 valence electrons. The van der Waals surface area contributed by atoms with E-state index in [0.29, 0.717) is 7.93 Å². The summed E-state index contributed by atoms with van der Waals surface area (Å²) < 4.78 is 0. The van der Waals surface area contributed by atoms with E-state index in [0.717, 1.165) is 10.7 Å². The number of rotatable bonds is 3. The zero-order valence-electron chi connectivity index (χ0n) is 4.57. The third-order valence-electron chi connectivity index (χ3n) is 0.471. The molecule has 1 unspecified atom stereocenters. The second-order valence-electron chi connectivity index (χ2n) is 1.49. The van der Waals surface area contributed by atoms with Crippen molar-refractivity contribution < 1.29 is 0 Å². The molecule has 0 N–H and O–H groups in total. The molecule has 0 fully saturated rings. The molecular formula is C4H10ClPS. The van der Waals surface area contributed by atoms with E-state index < -0.39 is 0 Å². The Kier molecular flexibility index (Phi) is 6.01. The van der Waals surface area contributed by atoms with Crippen molar-refractivity contribution in [2.24, 2.45) is 0 Å². The Bertz CT molecular complexity index is 40.7. The van der Waals surface area contributed by atoms with Gasteiger partial charge >= 0.3 is 0 Å². The quantitative estimate of drug-likeness (QED) is 0.567. The van der Waals surface area contributed by atoms with Crippen LogP contribution in [-0.4, -0.2) is 10.7 Å². The summed E-state index contributed by atoms with van der Waals surface area (Å²) >= 11 is 7.36. The molecule has 0 bridgehead atoms. The molecule has 0 aromatic rings. The fourth-order valence-electron chi connectivity index (χ4n) is 0.198. The molecule has 0 aliphatic rings. The summed E-state index contributed by atoms with van der Waals surface area (Å²) in [4.78, 5) is 0. The van der Waals surface area contributed by atoms with E-state index in [-0.39, 0.29) is 0 Å². The van der Waals surface area contributed by atoms with Crippen molar-refractivity contribution in [1.29, 1.82) is 0 Å². The normalized spacial score (nSPS) is 12.0. The van der Waals surface area contributed by atoms with Gasteiger partial charge in [-0.05, 0) is 13.2 Å². The van der Waals surface area contributed by atoms with Crippen LogP contribution in [0.3, 0.4) is 0 Å². The van der Waals surface area contributed by atoms with Gasteiger partial charge in [-0.15, -0.1) is 0 Å². The second-order valence-corrected chi connectivity index (χ2v) is 4.99. The predicted octanol–water partition coefficient (Wildman–Crippen LogP) is 2.92. The summed E-state index contributed by atoms with van der Waals surface area (Å²) in [5.74, 6) is 0.